The van der Waals surface area contributed by atoms with Crippen molar-refractivity contribution in [1.29, 1.82) is 0 Å². The molecule has 0 radical (unpaired) electrons. The molecule has 0 bridgehead atoms. The Hall–Kier alpha value is -3.09. The first-order chi connectivity index (χ1) is 14.1. The maximum absolute atomic E-state index is 12.6. The van der Waals surface area contributed by atoms with Crippen molar-refractivity contribution in [3.63, 3.8) is 0 Å². The van der Waals surface area contributed by atoms with E-state index in [0.717, 1.165) is 30.5 Å². The van der Waals surface area contributed by atoms with Gasteiger partial charge in [-0.1, -0.05) is 24.3 Å². The zero-order valence-corrected chi connectivity index (χ0v) is 16.4. The van der Waals surface area contributed by atoms with Gasteiger partial charge in [0.2, 0.25) is 5.91 Å². The van der Waals surface area contributed by atoms with Crippen molar-refractivity contribution in [2.45, 2.75) is 31.9 Å². The molecule has 3 rings (SSSR count). The van der Waals surface area contributed by atoms with Crippen molar-refractivity contribution in [2.24, 2.45) is 0 Å². The minimum atomic E-state index is -4.39. The van der Waals surface area contributed by atoms with Crippen molar-refractivity contribution in [3.8, 4) is 0 Å². The van der Waals surface area contributed by atoms with E-state index in [1.165, 1.54) is 24.3 Å². The lowest BCUT2D eigenvalue weighted by atomic mass is 9.88. The van der Waals surface area contributed by atoms with E-state index in [0.29, 0.717) is 24.2 Å². The fourth-order valence-electron chi connectivity index (χ4n) is 3.63. The van der Waals surface area contributed by atoms with Gasteiger partial charge in [0.25, 0.3) is 0 Å². The number of nitrogens with zero attached hydrogens (tertiary/aromatic N) is 1. The molecule has 1 saturated heterocycles. The van der Waals surface area contributed by atoms with Crippen molar-refractivity contribution in [2.75, 3.05) is 13.1 Å². The van der Waals surface area contributed by atoms with Crippen LogP contribution in [-0.4, -0.2) is 35.0 Å². The standard InChI is InChI=1S/C23H22F3NO3/c1-15-4-8-17(13-20(15)22(29)30)18-3-2-12-27(14-18)21(28)11-7-16-5-9-19(10-6-16)23(24,25)26/h4-11,13,18H,2-3,12,14H2,1H3,(H,29,30). The summed E-state index contributed by atoms with van der Waals surface area (Å²) < 4.78 is 37.9. The first-order valence-corrected chi connectivity index (χ1v) is 9.63. The molecule has 1 fully saturated rings. The molecule has 1 aliphatic rings. The second kappa shape index (κ2) is 8.73. The lowest BCUT2D eigenvalue weighted by molar-refractivity contribution is -0.137. The van der Waals surface area contributed by atoms with Gasteiger partial charge < -0.3 is 10.0 Å². The van der Waals surface area contributed by atoms with Crippen molar-refractivity contribution in [1.82, 2.24) is 4.90 Å². The number of carboxylic acids is 1. The minimum Gasteiger partial charge on any atom is -0.478 e. The highest BCUT2D eigenvalue weighted by molar-refractivity contribution is 5.92. The molecule has 1 aliphatic heterocycles. The lowest BCUT2D eigenvalue weighted by Crippen LogP contribution is -2.38. The summed E-state index contributed by atoms with van der Waals surface area (Å²) in [5.41, 5.74) is 1.62. The number of aromatic carboxylic acids is 1. The van der Waals surface area contributed by atoms with E-state index in [4.69, 9.17) is 0 Å². The van der Waals surface area contributed by atoms with Crippen LogP contribution < -0.4 is 0 Å². The summed E-state index contributed by atoms with van der Waals surface area (Å²) in [6, 6.07) is 9.98. The first-order valence-electron chi connectivity index (χ1n) is 9.63. The second-order valence-corrected chi connectivity index (χ2v) is 7.46. The average molecular weight is 417 g/mol. The fourth-order valence-corrected chi connectivity index (χ4v) is 3.63. The predicted molar refractivity (Wildman–Crippen MR) is 107 cm³/mol. The number of piperidine rings is 1. The third-order valence-electron chi connectivity index (χ3n) is 5.35. The Morgan fingerprint density at radius 3 is 2.47 bits per heavy atom. The Labute approximate surface area is 172 Å². The monoisotopic (exact) mass is 417 g/mol. The van der Waals surface area contributed by atoms with Crippen molar-refractivity contribution >= 4 is 18.0 Å². The Morgan fingerprint density at radius 2 is 1.83 bits per heavy atom. The fraction of sp³-hybridized carbons (Fsp3) is 0.304. The molecule has 0 saturated carbocycles. The summed E-state index contributed by atoms with van der Waals surface area (Å²) in [5.74, 6) is -1.15. The molecule has 7 heteroatoms. The number of rotatable bonds is 4. The van der Waals surface area contributed by atoms with Gasteiger partial charge in [0.1, 0.15) is 0 Å². The van der Waals surface area contributed by atoms with Crippen molar-refractivity contribution in [3.05, 3.63) is 76.4 Å². The quantitative estimate of drug-likeness (QED) is 0.702. The summed E-state index contributed by atoms with van der Waals surface area (Å²) in [7, 11) is 0. The van der Waals surface area contributed by atoms with Gasteiger partial charge in [-0.3, -0.25) is 4.79 Å². The van der Waals surface area contributed by atoms with Crippen LogP contribution in [0.15, 0.2) is 48.5 Å². The normalized spacial score (nSPS) is 17.3. The van der Waals surface area contributed by atoms with Crippen LogP contribution in [0.5, 0.6) is 0 Å². The van der Waals surface area contributed by atoms with Crippen LogP contribution in [0.1, 0.15) is 51.4 Å². The van der Waals surface area contributed by atoms with Crippen LogP contribution in [0.2, 0.25) is 0 Å². The van der Waals surface area contributed by atoms with E-state index in [9.17, 15) is 27.9 Å². The first kappa shape index (κ1) is 21.6. The summed E-state index contributed by atoms with van der Waals surface area (Å²) in [6.07, 6.45) is 0.121. The number of benzene rings is 2. The molecule has 1 heterocycles. The number of aryl methyl sites for hydroxylation is 1. The third kappa shape index (κ3) is 5.09. The number of alkyl halides is 3. The topological polar surface area (TPSA) is 57.6 Å². The molecular formula is C23H22F3NO3. The molecule has 2 aromatic carbocycles. The van der Waals surface area contributed by atoms with Crippen LogP contribution >= 0.6 is 0 Å². The Morgan fingerprint density at radius 1 is 1.13 bits per heavy atom. The number of likely N-dealkylation sites (tertiary alicyclic amines) is 1. The van der Waals surface area contributed by atoms with E-state index < -0.39 is 17.7 Å². The summed E-state index contributed by atoms with van der Waals surface area (Å²) in [6.45, 7) is 2.80. The van der Waals surface area contributed by atoms with Crippen LogP contribution in [0.25, 0.3) is 6.08 Å². The zero-order valence-electron chi connectivity index (χ0n) is 16.4. The van der Waals surface area contributed by atoms with Gasteiger partial charge in [0.05, 0.1) is 11.1 Å². The van der Waals surface area contributed by atoms with E-state index in [2.05, 4.69) is 0 Å². The van der Waals surface area contributed by atoms with Crippen molar-refractivity contribution < 1.29 is 27.9 Å². The number of amides is 1. The second-order valence-electron chi connectivity index (χ2n) is 7.46. The van der Waals surface area contributed by atoms with E-state index in [1.54, 1.807) is 24.0 Å². The summed E-state index contributed by atoms with van der Waals surface area (Å²) in [5, 5.41) is 9.33. The third-order valence-corrected chi connectivity index (χ3v) is 5.35. The zero-order chi connectivity index (χ0) is 21.9. The van der Waals surface area contributed by atoms with E-state index in [1.807, 2.05) is 6.07 Å². The Bertz CT molecular complexity index is 965. The molecule has 4 nitrogen and oxygen atoms in total. The number of hydrogen-bond donors (Lipinski definition) is 1. The van der Waals surface area contributed by atoms with Gasteiger partial charge in [0.15, 0.2) is 0 Å². The summed E-state index contributed by atoms with van der Waals surface area (Å²) in [4.78, 5) is 25.6. The van der Waals surface area contributed by atoms with E-state index >= 15 is 0 Å². The number of carbonyl (C=O) groups is 2. The molecular weight excluding hydrogens is 395 g/mol. The highest BCUT2D eigenvalue weighted by Crippen LogP contribution is 2.30. The van der Waals surface area contributed by atoms with Crippen LogP contribution in [0.3, 0.4) is 0 Å². The molecule has 1 N–H and O–H groups in total. The van der Waals surface area contributed by atoms with Gasteiger partial charge in [0, 0.05) is 25.1 Å². The molecule has 0 aliphatic carbocycles. The maximum atomic E-state index is 12.6. The molecule has 158 valence electrons. The van der Waals surface area contributed by atoms with Gasteiger partial charge in [-0.15, -0.1) is 0 Å². The van der Waals surface area contributed by atoms with Gasteiger partial charge in [-0.05, 0) is 60.7 Å². The summed E-state index contributed by atoms with van der Waals surface area (Å²) >= 11 is 0. The average Bonchev–Trinajstić information content (AvgIpc) is 2.72. The predicted octanol–water partition coefficient (Wildman–Crippen LogP) is 5.13. The lowest BCUT2D eigenvalue weighted by Gasteiger charge is -2.32. The largest absolute Gasteiger partial charge is 0.478 e. The van der Waals surface area contributed by atoms with Crippen LogP contribution in [0.4, 0.5) is 13.2 Å². The van der Waals surface area contributed by atoms with Gasteiger partial charge in [-0.2, -0.15) is 13.2 Å². The van der Waals surface area contributed by atoms with Crippen LogP contribution in [-0.2, 0) is 11.0 Å². The molecule has 0 spiro atoms. The molecule has 2 aromatic rings. The molecule has 30 heavy (non-hydrogen) atoms. The molecule has 1 unspecified atom stereocenters. The minimum absolute atomic E-state index is 0.0425. The Kier molecular flexibility index (Phi) is 6.29. The molecule has 1 amide bonds. The highest BCUT2D eigenvalue weighted by atomic mass is 19.4. The van der Waals surface area contributed by atoms with E-state index in [-0.39, 0.29) is 17.4 Å². The molecule has 0 aromatic heterocycles. The van der Waals surface area contributed by atoms with Gasteiger partial charge >= 0.3 is 12.1 Å². The SMILES string of the molecule is Cc1ccc(C2CCCN(C(=O)C=Cc3ccc(C(F)(F)F)cc3)C2)cc1C(=O)O. The smallest absolute Gasteiger partial charge is 0.416 e. The maximum Gasteiger partial charge on any atom is 0.416 e. The van der Waals surface area contributed by atoms with Crippen LogP contribution in [0, 0.1) is 6.92 Å². The number of carboxylic acid groups (broad SMARTS) is 1. The Balaban J connectivity index is 1.68. The number of halogens is 3. The molecule has 1 atom stereocenters. The highest BCUT2D eigenvalue weighted by Gasteiger charge is 2.30. The van der Waals surface area contributed by atoms with Gasteiger partial charge in [-0.25, -0.2) is 4.79 Å². The number of carbonyl (C=O) groups excluding carboxylic acids is 1. The number of hydrogen-bond acceptors (Lipinski definition) is 2.